The lowest BCUT2D eigenvalue weighted by atomic mass is 9.87. The third kappa shape index (κ3) is 4.16. The Morgan fingerprint density at radius 1 is 1.11 bits per heavy atom. The molecule has 3 heteroatoms. The summed E-state index contributed by atoms with van der Waals surface area (Å²) in [5.41, 5.74) is 3.31. The quantitative estimate of drug-likeness (QED) is 0.840. The van der Waals surface area contributed by atoms with E-state index in [0.717, 1.165) is 5.56 Å². The fourth-order valence-corrected chi connectivity index (χ4v) is 1.64. The van der Waals surface area contributed by atoms with Crippen LogP contribution in [-0.2, 0) is 12.0 Å². The van der Waals surface area contributed by atoms with Gasteiger partial charge in [-0.15, -0.1) is 0 Å². The van der Waals surface area contributed by atoms with Gasteiger partial charge < -0.3 is 5.32 Å². The van der Waals surface area contributed by atoms with E-state index in [9.17, 15) is 0 Å². The fourth-order valence-electron chi connectivity index (χ4n) is 1.64. The molecule has 1 aromatic carbocycles. The first-order valence-electron chi connectivity index (χ1n) is 6.23. The van der Waals surface area contributed by atoms with Crippen LogP contribution in [-0.4, -0.2) is 0 Å². The lowest BCUT2D eigenvalue weighted by molar-refractivity contribution is 0.590. The normalized spacial score (nSPS) is 10.2. The average molecular weight is 253 g/mol. The highest BCUT2D eigenvalue weighted by molar-refractivity contribution is 5.38. The highest BCUT2D eigenvalue weighted by atomic mass is 14.9. The Bertz CT molecular complexity index is 530. The van der Waals surface area contributed by atoms with E-state index >= 15 is 0 Å². The van der Waals surface area contributed by atoms with E-state index in [4.69, 9.17) is 10.5 Å². The molecule has 0 aliphatic carbocycles. The van der Waals surface area contributed by atoms with Gasteiger partial charge in [0.1, 0.15) is 17.7 Å². The molecular formula is C16H19N3. The number of benzene rings is 1. The van der Waals surface area contributed by atoms with Gasteiger partial charge in [0.05, 0.1) is 0 Å². The molecule has 1 rings (SSSR count). The van der Waals surface area contributed by atoms with Crippen molar-refractivity contribution in [1.82, 2.24) is 5.32 Å². The molecule has 0 heterocycles. The van der Waals surface area contributed by atoms with Crippen LogP contribution >= 0.6 is 0 Å². The van der Waals surface area contributed by atoms with Gasteiger partial charge in [-0.2, -0.15) is 10.5 Å². The summed E-state index contributed by atoms with van der Waals surface area (Å²) in [7, 11) is 0. The fraction of sp³-hybridized carbons (Fsp3) is 0.375. The lowest BCUT2D eigenvalue weighted by Crippen LogP contribution is -2.13. The van der Waals surface area contributed by atoms with Gasteiger partial charge in [-0.05, 0) is 23.5 Å². The largest absolute Gasteiger partial charge is 0.383 e. The maximum atomic E-state index is 8.75. The van der Waals surface area contributed by atoms with Gasteiger partial charge >= 0.3 is 0 Å². The summed E-state index contributed by atoms with van der Waals surface area (Å²) < 4.78 is 0. The van der Waals surface area contributed by atoms with Crippen LogP contribution in [0.4, 0.5) is 0 Å². The Hall–Kier alpha value is -2.26. The summed E-state index contributed by atoms with van der Waals surface area (Å²) in [6, 6.07) is 12.1. The average Bonchev–Trinajstić information content (AvgIpc) is 2.37. The molecule has 0 unspecified atom stereocenters. The molecule has 3 nitrogen and oxygen atoms in total. The van der Waals surface area contributed by atoms with Gasteiger partial charge in [-0.1, -0.05) is 45.0 Å². The molecule has 1 aromatic rings. The first-order chi connectivity index (χ1) is 8.88. The summed E-state index contributed by atoms with van der Waals surface area (Å²) in [5, 5.41) is 20.6. The molecular weight excluding hydrogens is 234 g/mol. The molecule has 0 spiro atoms. The molecule has 0 amide bonds. The first kappa shape index (κ1) is 14.8. The minimum atomic E-state index is 0.131. The molecule has 0 saturated carbocycles. The molecule has 0 atom stereocenters. The second kappa shape index (κ2) is 6.07. The smallest absolute Gasteiger partial charge is 0.148 e. The van der Waals surface area contributed by atoms with E-state index in [0.29, 0.717) is 12.2 Å². The van der Waals surface area contributed by atoms with Crippen LogP contribution in [0.5, 0.6) is 0 Å². The van der Waals surface area contributed by atoms with Crippen LogP contribution < -0.4 is 5.32 Å². The Balaban J connectivity index is 2.74. The molecule has 0 fully saturated rings. The van der Waals surface area contributed by atoms with Gasteiger partial charge in [-0.25, -0.2) is 0 Å². The molecule has 0 saturated heterocycles. The van der Waals surface area contributed by atoms with Gasteiger partial charge in [0.25, 0.3) is 0 Å². The third-order valence-corrected chi connectivity index (χ3v) is 2.98. The van der Waals surface area contributed by atoms with Crippen molar-refractivity contribution in [1.29, 1.82) is 10.5 Å². The molecule has 0 aliphatic heterocycles. The summed E-state index contributed by atoms with van der Waals surface area (Å²) in [5.74, 6) is 0. The van der Waals surface area contributed by atoms with Crippen LogP contribution in [0.2, 0.25) is 0 Å². The molecule has 98 valence electrons. The van der Waals surface area contributed by atoms with E-state index in [1.807, 2.05) is 12.1 Å². The molecule has 0 aromatic heterocycles. The van der Waals surface area contributed by atoms with E-state index < -0.39 is 0 Å². The second-order valence-electron chi connectivity index (χ2n) is 5.52. The summed E-state index contributed by atoms with van der Waals surface area (Å²) >= 11 is 0. The van der Waals surface area contributed by atoms with Crippen molar-refractivity contribution in [3.63, 3.8) is 0 Å². The number of nitriles is 2. The van der Waals surface area contributed by atoms with Crippen molar-refractivity contribution in [2.24, 2.45) is 0 Å². The van der Waals surface area contributed by atoms with E-state index in [2.05, 4.69) is 50.4 Å². The number of allylic oxidation sites excluding steroid dienone is 2. The van der Waals surface area contributed by atoms with Gasteiger partial charge in [0, 0.05) is 12.2 Å². The van der Waals surface area contributed by atoms with Crippen LogP contribution in [0.3, 0.4) is 0 Å². The molecule has 0 radical (unpaired) electrons. The number of hydrogen-bond acceptors (Lipinski definition) is 3. The first-order valence-corrected chi connectivity index (χ1v) is 6.23. The van der Waals surface area contributed by atoms with Crippen LogP contribution in [0, 0.1) is 22.7 Å². The minimum Gasteiger partial charge on any atom is -0.383 e. The summed E-state index contributed by atoms with van der Waals surface area (Å²) in [6.07, 6.45) is 0. The van der Waals surface area contributed by atoms with Crippen LogP contribution in [0.25, 0.3) is 0 Å². The Labute approximate surface area is 115 Å². The third-order valence-electron chi connectivity index (χ3n) is 2.98. The molecule has 19 heavy (non-hydrogen) atoms. The minimum absolute atomic E-state index is 0.131. The van der Waals surface area contributed by atoms with Crippen molar-refractivity contribution >= 4 is 0 Å². The van der Waals surface area contributed by atoms with E-state index in [1.165, 1.54) is 5.56 Å². The maximum absolute atomic E-state index is 8.75. The highest BCUT2D eigenvalue weighted by Crippen LogP contribution is 2.22. The Morgan fingerprint density at radius 2 is 1.63 bits per heavy atom. The second-order valence-corrected chi connectivity index (χ2v) is 5.52. The number of nitrogens with zero attached hydrogens (tertiary/aromatic N) is 2. The zero-order chi connectivity index (χ0) is 14.5. The molecule has 0 aliphatic rings. The van der Waals surface area contributed by atoms with Crippen molar-refractivity contribution in [3.05, 3.63) is 46.7 Å². The van der Waals surface area contributed by atoms with Crippen LogP contribution in [0.15, 0.2) is 35.5 Å². The van der Waals surface area contributed by atoms with Gasteiger partial charge in [-0.3, -0.25) is 0 Å². The van der Waals surface area contributed by atoms with E-state index in [-0.39, 0.29) is 11.0 Å². The topological polar surface area (TPSA) is 59.6 Å². The number of hydrogen-bond donors (Lipinski definition) is 1. The lowest BCUT2D eigenvalue weighted by Gasteiger charge is -2.19. The standard InChI is InChI=1S/C16H19N3/c1-12(14(9-17)10-18)19-11-13-5-7-15(8-6-13)16(2,3)4/h5-8,19H,11H2,1-4H3. The highest BCUT2D eigenvalue weighted by Gasteiger charge is 2.12. The SMILES string of the molecule is CC(NCc1ccc(C(C)(C)C)cc1)=C(C#N)C#N. The van der Waals surface area contributed by atoms with E-state index in [1.54, 1.807) is 6.92 Å². The molecule has 1 N–H and O–H groups in total. The zero-order valence-electron chi connectivity index (χ0n) is 11.9. The van der Waals surface area contributed by atoms with Crippen molar-refractivity contribution in [2.75, 3.05) is 0 Å². The summed E-state index contributed by atoms with van der Waals surface area (Å²) in [4.78, 5) is 0. The van der Waals surface area contributed by atoms with Crippen LogP contribution in [0.1, 0.15) is 38.8 Å². The Morgan fingerprint density at radius 3 is 2.05 bits per heavy atom. The zero-order valence-corrected chi connectivity index (χ0v) is 11.9. The Kier molecular flexibility index (Phi) is 4.73. The molecule has 0 bridgehead atoms. The van der Waals surface area contributed by atoms with Crippen molar-refractivity contribution in [2.45, 2.75) is 39.7 Å². The van der Waals surface area contributed by atoms with Crippen molar-refractivity contribution < 1.29 is 0 Å². The monoisotopic (exact) mass is 253 g/mol. The predicted octanol–water partition coefficient (Wildman–Crippen LogP) is 3.39. The number of rotatable bonds is 3. The summed E-state index contributed by atoms with van der Waals surface area (Å²) in [6.45, 7) is 8.90. The van der Waals surface area contributed by atoms with Crippen molar-refractivity contribution in [3.8, 4) is 12.1 Å². The van der Waals surface area contributed by atoms with Gasteiger partial charge in [0.15, 0.2) is 0 Å². The maximum Gasteiger partial charge on any atom is 0.148 e. The predicted molar refractivity (Wildman–Crippen MR) is 75.9 cm³/mol. The van der Waals surface area contributed by atoms with Gasteiger partial charge in [0.2, 0.25) is 0 Å². The number of nitrogens with one attached hydrogen (secondary N) is 1.